The molecule has 10 heteroatoms. The Balaban J connectivity index is 2.10. The van der Waals surface area contributed by atoms with E-state index in [1.165, 1.54) is 30.3 Å². The number of benzene rings is 2. The van der Waals surface area contributed by atoms with E-state index in [1.54, 1.807) is 19.9 Å². The van der Waals surface area contributed by atoms with Gasteiger partial charge in [-0.3, -0.25) is 0 Å². The molecular formula is C18H18ClNO6S2. The Hall–Kier alpha value is -2.10. The van der Waals surface area contributed by atoms with E-state index >= 15 is 0 Å². The Labute approximate surface area is 168 Å². The van der Waals surface area contributed by atoms with E-state index < -0.39 is 20.0 Å². The van der Waals surface area contributed by atoms with Crippen LogP contribution in [-0.2, 0) is 20.0 Å². The van der Waals surface area contributed by atoms with Gasteiger partial charge in [-0.1, -0.05) is 25.4 Å². The van der Waals surface area contributed by atoms with Crippen LogP contribution >= 0.6 is 11.6 Å². The summed E-state index contributed by atoms with van der Waals surface area (Å²) < 4.78 is 59.2. The quantitative estimate of drug-likeness (QED) is 0.507. The van der Waals surface area contributed by atoms with Crippen molar-refractivity contribution in [2.75, 3.05) is 11.5 Å². The van der Waals surface area contributed by atoms with Gasteiger partial charge >= 0.3 is 10.1 Å². The molecule has 2 aromatic carbocycles. The molecule has 0 N–H and O–H groups in total. The van der Waals surface area contributed by atoms with E-state index in [0.29, 0.717) is 23.1 Å². The zero-order chi connectivity index (χ0) is 20.5. The highest BCUT2D eigenvalue weighted by molar-refractivity contribution is 7.91. The highest BCUT2D eigenvalue weighted by Crippen LogP contribution is 2.35. The van der Waals surface area contributed by atoms with Gasteiger partial charge < -0.3 is 8.60 Å². The minimum absolute atomic E-state index is 0.00564. The number of hydrogen-bond donors (Lipinski definition) is 0. The van der Waals surface area contributed by atoms with Gasteiger partial charge in [0.2, 0.25) is 5.89 Å². The number of oxazole rings is 1. The van der Waals surface area contributed by atoms with Crippen LogP contribution in [-0.4, -0.2) is 33.3 Å². The highest BCUT2D eigenvalue weighted by atomic mass is 35.5. The molecule has 0 aliphatic heterocycles. The molecule has 0 atom stereocenters. The molecule has 150 valence electrons. The first kappa shape index (κ1) is 20.6. The maximum absolute atomic E-state index is 12.1. The first-order valence-electron chi connectivity index (χ1n) is 8.50. The molecule has 0 bridgehead atoms. The number of nitrogens with zero attached hydrogens (tertiary/aromatic N) is 1. The van der Waals surface area contributed by atoms with Crippen LogP contribution in [0.2, 0.25) is 5.02 Å². The Bertz CT molecular complexity index is 1230. The van der Waals surface area contributed by atoms with Crippen LogP contribution in [0.15, 0.2) is 45.7 Å². The standard InChI is InChI=1S/C18H18ClNO6S2/c1-3-9-28(23,24)26-17-10-12(19)5-7-14(17)18-20-15-11-13(27(21,22)4-2)6-8-16(15)25-18/h5-8,10-11H,3-4,9H2,1-2H3. The lowest BCUT2D eigenvalue weighted by atomic mass is 10.2. The van der Waals surface area contributed by atoms with Crippen LogP contribution in [0.1, 0.15) is 20.3 Å². The molecule has 0 unspecified atom stereocenters. The van der Waals surface area contributed by atoms with Crippen LogP contribution in [0, 0.1) is 0 Å². The topological polar surface area (TPSA) is 104 Å². The summed E-state index contributed by atoms with van der Waals surface area (Å²) >= 11 is 5.98. The van der Waals surface area contributed by atoms with Gasteiger partial charge in [0.25, 0.3) is 0 Å². The van der Waals surface area contributed by atoms with E-state index in [4.69, 9.17) is 20.2 Å². The lowest BCUT2D eigenvalue weighted by Gasteiger charge is -2.09. The van der Waals surface area contributed by atoms with E-state index in [9.17, 15) is 16.8 Å². The van der Waals surface area contributed by atoms with Crippen molar-refractivity contribution in [3.63, 3.8) is 0 Å². The van der Waals surface area contributed by atoms with Crippen molar-refractivity contribution in [1.29, 1.82) is 0 Å². The second-order valence-electron chi connectivity index (χ2n) is 6.04. The molecule has 0 saturated carbocycles. The van der Waals surface area contributed by atoms with Gasteiger partial charge in [0.05, 0.1) is 22.0 Å². The fourth-order valence-corrected chi connectivity index (χ4v) is 4.61. The number of rotatable bonds is 7. The predicted molar refractivity (Wildman–Crippen MR) is 107 cm³/mol. The third kappa shape index (κ3) is 4.31. The summed E-state index contributed by atoms with van der Waals surface area (Å²) in [6, 6.07) is 8.84. The molecule has 0 saturated heterocycles. The van der Waals surface area contributed by atoms with Crippen LogP contribution in [0.25, 0.3) is 22.6 Å². The molecule has 1 heterocycles. The van der Waals surface area contributed by atoms with Gasteiger partial charge in [-0.2, -0.15) is 8.42 Å². The van der Waals surface area contributed by atoms with Crippen molar-refractivity contribution in [2.45, 2.75) is 25.2 Å². The van der Waals surface area contributed by atoms with E-state index in [1.807, 2.05) is 0 Å². The molecule has 3 rings (SSSR count). The molecule has 0 fully saturated rings. The molecular weight excluding hydrogens is 426 g/mol. The summed E-state index contributed by atoms with van der Waals surface area (Å²) in [5.74, 6) is -0.0911. The first-order chi connectivity index (χ1) is 13.1. The molecule has 7 nitrogen and oxygen atoms in total. The number of fused-ring (bicyclic) bond motifs is 1. The van der Waals surface area contributed by atoms with Gasteiger partial charge in [-0.05, 0) is 36.8 Å². The third-order valence-corrected chi connectivity index (χ3v) is 7.25. The predicted octanol–water partition coefficient (Wildman–Crippen LogP) is 4.06. The summed E-state index contributed by atoms with van der Waals surface area (Å²) in [6.07, 6.45) is 0.399. The van der Waals surface area contributed by atoms with Crippen molar-refractivity contribution >= 4 is 42.7 Å². The van der Waals surface area contributed by atoms with Crippen molar-refractivity contribution in [3.8, 4) is 17.2 Å². The number of hydrogen-bond acceptors (Lipinski definition) is 7. The lowest BCUT2D eigenvalue weighted by molar-refractivity contribution is 0.484. The molecule has 3 aromatic rings. The Morgan fingerprint density at radius 1 is 1.07 bits per heavy atom. The molecule has 1 aromatic heterocycles. The normalized spacial score (nSPS) is 12.4. The summed E-state index contributed by atoms with van der Waals surface area (Å²) in [5, 5.41) is 0.290. The van der Waals surface area contributed by atoms with Gasteiger partial charge in [-0.25, -0.2) is 13.4 Å². The molecule has 0 aliphatic carbocycles. The van der Waals surface area contributed by atoms with E-state index in [0.717, 1.165) is 0 Å². The van der Waals surface area contributed by atoms with Gasteiger partial charge in [0.15, 0.2) is 21.2 Å². The van der Waals surface area contributed by atoms with Crippen LogP contribution in [0.4, 0.5) is 0 Å². The molecule has 28 heavy (non-hydrogen) atoms. The molecule has 0 amide bonds. The fourth-order valence-electron chi connectivity index (χ4n) is 2.55. The maximum atomic E-state index is 12.1. The average molecular weight is 444 g/mol. The van der Waals surface area contributed by atoms with Crippen molar-refractivity contribution in [2.24, 2.45) is 0 Å². The van der Waals surface area contributed by atoms with Crippen molar-refractivity contribution in [1.82, 2.24) is 4.98 Å². The van der Waals surface area contributed by atoms with Gasteiger partial charge in [-0.15, -0.1) is 0 Å². The zero-order valence-electron chi connectivity index (χ0n) is 15.2. The fraction of sp³-hybridized carbons (Fsp3) is 0.278. The number of aromatic nitrogens is 1. The first-order valence-corrected chi connectivity index (χ1v) is 12.1. The Kier molecular flexibility index (Phi) is 5.69. The summed E-state index contributed by atoms with van der Waals surface area (Å²) in [5.41, 5.74) is 0.990. The Morgan fingerprint density at radius 3 is 2.50 bits per heavy atom. The van der Waals surface area contributed by atoms with Crippen molar-refractivity contribution in [3.05, 3.63) is 41.4 Å². The molecule has 0 radical (unpaired) electrons. The van der Waals surface area contributed by atoms with Crippen LogP contribution < -0.4 is 4.18 Å². The van der Waals surface area contributed by atoms with E-state index in [-0.39, 0.29) is 33.1 Å². The van der Waals surface area contributed by atoms with Gasteiger partial charge in [0.1, 0.15) is 5.52 Å². The van der Waals surface area contributed by atoms with Gasteiger partial charge in [0, 0.05) is 11.1 Å². The van der Waals surface area contributed by atoms with Crippen LogP contribution in [0.3, 0.4) is 0 Å². The monoisotopic (exact) mass is 443 g/mol. The maximum Gasteiger partial charge on any atom is 0.309 e. The highest BCUT2D eigenvalue weighted by Gasteiger charge is 2.20. The SMILES string of the molecule is CCCS(=O)(=O)Oc1cc(Cl)ccc1-c1nc2cc(S(=O)(=O)CC)ccc2o1. The minimum atomic E-state index is -3.80. The summed E-state index contributed by atoms with van der Waals surface area (Å²) in [7, 11) is -7.19. The average Bonchev–Trinajstić information content (AvgIpc) is 3.04. The lowest BCUT2D eigenvalue weighted by Crippen LogP contribution is -2.13. The number of halogens is 1. The second-order valence-corrected chi connectivity index (χ2v) is 10.4. The zero-order valence-corrected chi connectivity index (χ0v) is 17.6. The second kappa shape index (κ2) is 7.73. The largest absolute Gasteiger partial charge is 0.436 e. The summed E-state index contributed by atoms with van der Waals surface area (Å²) in [6.45, 7) is 3.28. The summed E-state index contributed by atoms with van der Waals surface area (Å²) in [4.78, 5) is 4.45. The van der Waals surface area contributed by atoms with Crippen molar-refractivity contribution < 1.29 is 25.4 Å². The smallest absolute Gasteiger partial charge is 0.309 e. The third-order valence-electron chi connectivity index (χ3n) is 3.94. The molecule has 0 spiro atoms. The molecule has 0 aliphatic rings. The van der Waals surface area contributed by atoms with E-state index in [2.05, 4.69) is 4.98 Å². The number of sulfone groups is 1. The minimum Gasteiger partial charge on any atom is -0.436 e. The van der Waals surface area contributed by atoms with Crippen LogP contribution in [0.5, 0.6) is 5.75 Å². The Morgan fingerprint density at radius 2 is 1.82 bits per heavy atom.